The number of nitrogens with zero attached hydrogens (tertiary/aromatic N) is 1. The van der Waals surface area contributed by atoms with Gasteiger partial charge in [0, 0.05) is 11.3 Å². The molecule has 2 aromatic rings. The molecule has 4 rings (SSSR count). The van der Waals surface area contributed by atoms with Gasteiger partial charge in [0.25, 0.3) is 5.56 Å². The van der Waals surface area contributed by atoms with Crippen molar-refractivity contribution in [3.05, 3.63) is 57.0 Å². The molecule has 2 atom stereocenters. The zero-order valence-corrected chi connectivity index (χ0v) is 15.3. The minimum absolute atomic E-state index is 0.0668. The molecule has 2 N–H and O–H groups in total. The summed E-state index contributed by atoms with van der Waals surface area (Å²) in [7, 11) is 0. The summed E-state index contributed by atoms with van der Waals surface area (Å²) in [6, 6.07) is 3.36. The minimum atomic E-state index is -0.716. The van der Waals surface area contributed by atoms with Crippen LogP contribution in [0, 0.1) is 25.5 Å². The van der Waals surface area contributed by atoms with Gasteiger partial charge >= 0.3 is 6.03 Å². The summed E-state index contributed by atoms with van der Waals surface area (Å²) in [5, 5.41) is 2.70. The third-order valence-corrected chi connectivity index (χ3v) is 4.97. The van der Waals surface area contributed by atoms with E-state index in [1.165, 1.54) is 4.90 Å². The number of benzene rings is 1. The topological polar surface area (TPSA) is 83.7 Å². The fraction of sp³-hybridized carbons (Fsp3) is 0.368. The molecule has 1 fully saturated rings. The molecule has 2 aliphatic rings. The maximum atomic E-state index is 13.9. The van der Waals surface area contributed by atoms with E-state index >= 15 is 0 Å². The number of fused-ring (bicyclic) bond motifs is 2. The summed E-state index contributed by atoms with van der Waals surface area (Å²) in [6.07, 6.45) is -1.20. The maximum absolute atomic E-state index is 13.9. The lowest BCUT2D eigenvalue weighted by Gasteiger charge is -2.28. The van der Waals surface area contributed by atoms with Crippen molar-refractivity contribution in [2.75, 3.05) is 13.1 Å². The van der Waals surface area contributed by atoms with Crippen LogP contribution in [0.1, 0.15) is 16.8 Å². The summed E-state index contributed by atoms with van der Waals surface area (Å²) in [5.74, 6) is -1.98. The van der Waals surface area contributed by atoms with Gasteiger partial charge in [0.2, 0.25) is 11.5 Å². The molecule has 9 heteroatoms. The predicted octanol–water partition coefficient (Wildman–Crippen LogP) is 2.00. The molecular weight excluding hydrogens is 372 g/mol. The predicted molar refractivity (Wildman–Crippen MR) is 95.5 cm³/mol. The number of amides is 2. The van der Waals surface area contributed by atoms with Crippen LogP contribution in [0.15, 0.2) is 23.0 Å². The molecule has 1 aromatic carbocycles. The fourth-order valence-corrected chi connectivity index (χ4v) is 3.55. The van der Waals surface area contributed by atoms with E-state index in [9.17, 15) is 18.4 Å². The number of hydrogen-bond donors (Lipinski definition) is 2. The quantitative estimate of drug-likeness (QED) is 0.820. The van der Waals surface area contributed by atoms with Gasteiger partial charge in [0.1, 0.15) is 0 Å². The number of rotatable bonds is 2. The number of aryl methyl sites for hydroxylation is 2. The number of pyridine rings is 1. The van der Waals surface area contributed by atoms with Crippen LogP contribution in [0.2, 0.25) is 0 Å². The third kappa shape index (κ3) is 3.17. The number of carbonyl (C=O) groups is 1. The molecule has 0 aliphatic carbocycles. The summed E-state index contributed by atoms with van der Waals surface area (Å²) in [5.41, 5.74) is 1.75. The van der Waals surface area contributed by atoms with Crippen molar-refractivity contribution in [2.24, 2.45) is 0 Å². The Kier molecular flexibility index (Phi) is 4.44. The van der Waals surface area contributed by atoms with Gasteiger partial charge in [-0.05, 0) is 37.6 Å². The van der Waals surface area contributed by atoms with Crippen LogP contribution in [-0.4, -0.2) is 41.2 Å². The summed E-state index contributed by atoms with van der Waals surface area (Å²) < 4.78 is 38.8. The Labute approximate surface area is 159 Å². The number of H-pyrrole nitrogens is 1. The number of urea groups is 1. The van der Waals surface area contributed by atoms with Crippen molar-refractivity contribution in [1.29, 1.82) is 0 Å². The van der Waals surface area contributed by atoms with Crippen LogP contribution in [0.4, 0.5) is 13.6 Å². The van der Waals surface area contributed by atoms with Crippen molar-refractivity contribution < 1.29 is 23.0 Å². The van der Waals surface area contributed by atoms with E-state index in [1.807, 2.05) is 6.07 Å². The van der Waals surface area contributed by atoms with Crippen molar-refractivity contribution in [3.63, 3.8) is 0 Å². The first-order chi connectivity index (χ1) is 13.3. The molecule has 0 unspecified atom stereocenters. The Balaban J connectivity index is 1.43. The van der Waals surface area contributed by atoms with Crippen LogP contribution in [0.5, 0.6) is 11.5 Å². The van der Waals surface area contributed by atoms with E-state index in [0.717, 1.165) is 23.4 Å². The van der Waals surface area contributed by atoms with E-state index in [1.54, 1.807) is 13.8 Å². The number of hydrogen-bond acceptors (Lipinski definition) is 4. The Morgan fingerprint density at radius 2 is 1.75 bits per heavy atom. The lowest BCUT2D eigenvalue weighted by molar-refractivity contribution is 0.0467. The molecule has 3 heterocycles. The minimum Gasteiger partial charge on any atom is -0.478 e. The number of aromatic amines is 1. The van der Waals surface area contributed by atoms with E-state index in [-0.39, 0.29) is 36.7 Å². The highest BCUT2D eigenvalue weighted by atomic mass is 19.1. The Morgan fingerprint density at radius 1 is 1.18 bits per heavy atom. The molecule has 7 nitrogen and oxygen atoms in total. The molecule has 0 radical (unpaired) electrons. The average molecular weight is 391 g/mol. The SMILES string of the molecule is Cc1cc(C)c(CNC(=O)N2C[C@@H]3Oc4c(F)ccc(F)c4O[C@@H]3C2)c(=O)[nH]1. The Hall–Kier alpha value is -3.10. The molecular formula is C19H19F2N3O4. The number of ether oxygens (including phenoxy) is 2. The lowest BCUT2D eigenvalue weighted by Crippen LogP contribution is -2.40. The van der Waals surface area contributed by atoms with E-state index < -0.39 is 29.9 Å². The summed E-state index contributed by atoms with van der Waals surface area (Å²) >= 11 is 0. The highest BCUT2D eigenvalue weighted by Gasteiger charge is 2.43. The highest BCUT2D eigenvalue weighted by Crippen LogP contribution is 2.40. The van der Waals surface area contributed by atoms with Gasteiger partial charge in [-0.1, -0.05) is 0 Å². The monoisotopic (exact) mass is 391 g/mol. The smallest absolute Gasteiger partial charge is 0.317 e. The van der Waals surface area contributed by atoms with Crippen molar-refractivity contribution >= 4 is 6.03 Å². The van der Waals surface area contributed by atoms with Crippen molar-refractivity contribution in [3.8, 4) is 11.5 Å². The van der Waals surface area contributed by atoms with Gasteiger partial charge in [-0.25, -0.2) is 13.6 Å². The number of carbonyl (C=O) groups excluding carboxylic acids is 1. The van der Waals surface area contributed by atoms with Gasteiger partial charge in [-0.3, -0.25) is 4.79 Å². The van der Waals surface area contributed by atoms with Crippen LogP contribution in [-0.2, 0) is 6.54 Å². The summed E-state index contributed by atoms with van der Waals surface area (Å²) in [4.78, 5) is 28.7. The van der Waals surface area contributed by atoms with Gasteiger partial charge < -0.3 is 24.7 Å². The van der Waals surface area contributed by atoms with Crippen LogP contribution in [0.25, 0.3) is 0 Å². The van der Waals surface area contributed by atoms with Crippen LogP contribution >= 0.6 is 0 Å². The molecule has 148 valence electrons. The van der Waals surface area contributed by atoms with Crippen molar-refractivity contribution in [2.45, 2.75) is 32.6 Å². The number of aromatic nitrogens is 1. The molecule has 28 heavy (non-hydrogen) atoms. The largest absolute Gasteiger partial charge is 0.478 e. The van der Waals surface area contributed by atoms with Crippen LogP contribution in [0.3, 0.4) is 0 Å². The van der Waals surface area contributed by atoms with Gasteiger partial charge in [-0.15, -0.1) is 0 Å². The normalized spacial score (nSPS) is 20.1. The molecule has 2 aliphatic heterocycles. The van der Waals surface area contributed by atoms with E-state index in [2.05, 4.69) is 10.3 Å². The molecule has 0 saturated carbocycles. The zero-order valence-electron chi connectivity index (χ0n) is 15.3. The second-order valence-electron chi connectivity index (χ2n) is 7.01. The first-order valence-corrected chi connectivity index (χ1v) is 8.87. The zero-order chi connectivity index (χ0) is 20.0. The first-order valence-electron chi connectivity index (χ1n) is 8.87. The third-order valence-electron chi connectivity index (χ3n) is 4.97. The number of likely N-dealkylation sites (tertiary alicyclic amines) is 1. The molecule has 2 amide bonds. The lowest BCUT2D eigenvalue weighted by atomic mass is 10.1. The Morgan fingerprint density at radius 3 is 2.29 bits per heavy atom. The number of halogens is 2. The molecule has 1 aromatic heterocycles. The van der Waals surface area contributed by atoms with E-state index in [4.69, 9.17) is 9.47 Å². The first kappa shape index (κ1) is 18.3. The van der Waals surface area contributed by atoms with Gasteiger partial charge in [0.15, 0.2) is 23.8 Å². The fourth-order valence-electron chi connectivity index (χ4n) is 3.55. The Bertz CT molecular complexity index is 968. The maximum Gasteiger partial charge on any atom is 0.317 e. The summed E-state index contributed by atoms with van der Waals surface area (Å²) in [6.45, 7) is 3.98. The molecule has 1 saturated heterocycles. The molecule has 0 spiro atoms. The van der Waals surface area contributed by atoms with Crippen molar-refractivity contribution in [1.82, 2.24) is 15.2 Å². The second kappa shape index (κ2) is 6.81. The number of nitrogens with one attached hydrogen (secondary N) is 2. The standard InChI is InChI=1S/C19H19F2N3O4/c1-9-5-10(2)23-18(25)11(9)6-22-19(26)24-7-14-15(8-24)28-17-13(21)4-3-12(20)16(17)27-14/h3-5,14-15H,6-8H2,1-2H3,(H,22,26)(H,23,25)/t14-,15+. The molecule has 0 bridgehead atoms. The van der Waals surface area contributed by atoms with E-state index in [0.29, 0.717) is 5.56 Å². The van der Waals surface area contributed by atoms with Crippen LogP contribution < -0.4 is 20.3 Å². The van der Waals surface area contributed by atoms with Gasteiger partial charge in [0.05, 0.1) is 19.6 Å². The average Bonchev–Trinajstić information content (AvgIpc) is 3.06. The second-order valence-corrected chi connectivity index (χ2v) is 7.01. The highest BCUT2D eigenvalue weighted by molar-refractivity contribution is 5.74. The van der Waals surface area contributed by atoms with Gasteiger partial charge in [-0.2, -0.15) is 0 Å².